The van der Waals surface area contributed by atoms with Crippen LogP contribution in [0.15, 0.2) is 52.1 Å². The van der Waals surface area contributed by atoms with Gasteiger partial charge in [-0.05, 0) is 42.0 Å². The van der Waals surface area contributed by atoms with Crippen LogP contribution in [-0.2, 0) is 6.42 Å². The zero-order valence-corrected chi connectivity index (χ0v) is 19.0. The van der Waals surface area contributed by atoms with E-state index in [1.165, 1.54) is 4.52 Å². The molecule has 0 amide bonds. The van der Waals surface area contributed by atoms with Crippen molar-refractivity contribution in [1.82, 2.24) is 14.6 Å². The number of rotatable bonds is 6. The maximum Gasteiger partial charge on any atom is 0.296 e. The van der Waals surface area contributed by atoms with Gasteiger partial charge in [0.05, 0.1) is 18.8 Å². The predicted octanol–water partition coefficient (Wildman–Crippen LogP) is 1.73. The molecule has 0 N–H and O–H groups in total. The van der Waals surface area contributed by atoms with E-state index in [2.05, 4.69) is 10.1 Å². The van der Waals surface area contributed by atoms with E-state index in [4.69, 9.17) is 9.47 Å². The van der Waals surface area contributed by atoms with Crippen LogP contribution in [0.4, 0.5) is 5.69 Å². The molecule has 32 heavy (non-hydrogen) atoms. The quantitative estimate of drug-likeness (QED) is 0.442. The topological polar surface area (TPSA) is 86.0 Å². The molecule has 164 valence electrons. The molecular weight excluding hydrogens is 428 g/mol. The van der Waals surface area contributed by atoms with Gasteiger partial charge >= 0.3 is 0 Å². The summed E-state index contributed by atoms with van der Waals surface area (Å²) in [6.45, 7) is 0. The highest BCUT2D eigenvalue weighted by Gasteiger charge is 2.13. The molecule has 0 atom stereocenters. The van der Waals surface area contributed by atoms with Gasteiger partial charge in [-0.3, -0.25) is 9.59 Å². The van der Waals surface area contributed by atoms with Crippen molar-refractivity contribution in [1.29, 1.82) is 0 Å². The first-order valence-corrected chi connectivity index (χ1v) is 10.6. The number of ether oxygens (including phenoxy) is 2. The van der Waals surface area contributed by atoms with Crippen LogP contribution >= 0.6 is 11.3 Å². The maximum atomic E-state index is 13.0. The third kappa shape index (κ3) is 4.19. The van der Waals surface area contributed by atoms with Gasteiger partial charge in [0, 0.05) is 31.8 Å². The SMILES string of the molecule is COc1ccc(OC)c(C=c2sc3nc(=O)c(Cc4ccc(N(C)C)cc4)nn3c2=O)c1. The van der Waals surface area contributed by atoms with Gasteiger partial charge in [0.1, 0.15) is 17.2 Å². The van der Waals surface area contributed by atoms with E-state index in [-0.39, 0.29) is 16.2 Å². The molecule has 2 aromatic carbocycles. The molecular formula is C23H22N4O4S. The second-order valence-electron chi connectivity index (χ2n) is 7.32. The van der Waals surface area contributed by atoms with Gasteiger partial charge in [0.15, 0.2) is 0 Å². The summed E-state index contributed by atoms with van der Waals surface area (Å²) >= 11 is 1.11. The lowest BCUT2D eigenvalue weighted by molar-refractivity contribution is 0.402. The highest BCUT2D eigenvalue weighted by molar-refractivity contribution is 7.15. The van der Waals surface area contributed by atoms with Gasteiger partial charge in [0.2, 0.25) is 4.96 Å². The molecule has 2 aromatic heterocycles. The third-order valence-corrected chi connectivity index (χ3v) is 5.96. The minimum absolute atomic E-state index is 0.223. The van der Waals surface area contributed by atoms with Crippen LogP contribution in [0.25, 0.3) is 11.0 Å². The molecule has 0 aliphatic rings. The third-order valence-electron chi connectivity index (χ3n) is 5.00. The second kappa shape index (κ2) is 8.80. The Balaban J connectivity index is 1.76. The molecule has 9 heteroatoms. The summed E-state index contributed by atoms with van der Waals surface area (Å²) in [6, 6.07) is 13.1. The summed E-state index contributed by atoms with van der Waals surface area (Å²) in [6.07, 6.45) is 1.98. The first-order valence-electron chi connectivity index (χ1n) is 9.82. The molecule has 8 nitrogen and oxygen atoms in total. The van der Waals surface area contributed by atoms with Crippen molar-refractivity contribution in [2.24, 2.45) is 0 Å². The van der Waals surface area contributed by atoms with Crippen LogP contribution in [0, 0.1) is 0 Å². The summed E-state index contributed by atoms with van der Waals surface area (Å²) in [5.41, 5.74) is 2.09. The van der Waals surface area contributed by atoms with Crippen molar-refractivity contribution in [2.45, 2.75) is 6.42 Å². The zero-order valence-electron chi connectivity index (χ0n) is 18.2. The Hall–Kier alpha value is -3.72. The summed E-state index contributed by atoms with van der Waals surface area (Å²) in [5.74, 6) is 1.24. The Kier molecular flexibility index (Phi) is 5.91. The van der Waals surface area contributed by atoms with Crippen molar-refractivity contribution < 1.29 is 9.47 Å². The van der Waals surface area contributed by atoms with Gasteiger partial charge < -0.3 is 14.4 Å². The number of hydrogen-bond donors (Lipinski definition) is 0. The molecule has 0 saturated carbocycles. The minimum atomic E-state index is -0.437. The van der Waals surface area contributed by atoms with E-state index in [0.29, 0.717) is 28.0 Å². The molecule has 0 aliphatic carbocycles. The fourth-order valence-electron chi connectivity index (χ4n) is 3.25. The highest BCUT2D eigenvalue weighted by atomic mass is 32.1. The van der Waals surface area contributed by atoms with Crippen LogP contribution in [0.3, 0.4) is 0 Å². The molecule has 2 heterocycles. The van der Waals surface area contributed by atoms with Crippen molar-refractivity contribution >= 4 is 28.1 Å². The Morgan fingerprint density at radius 2 is 1.81 bits per heavy atom. The summed E-state index contributed by atoms with van der Waals surface area (Å²) in [7, 11) is 7.05. The molecule has 0 aliphatic heterocycles. The first kappa shape index (κ1) is 21.5. The van der Waals surface area contributed by atoms with Gasteiger partial charge in [0.25, 0.3) is 11.1 Å². The van der Waals surface area contributed by atoms with Crippen LogP contribution in [0.5, 0.6) is 11.5 Å². The number of methoxy groups -OCH3 is 2. The second-order valence-corrected chi connectivity index (χ2v) is 8.33. The zero-order chi connectivity index (χ0) is 22.8. The Morgan fingerprint density at radius 3 is 2.47 bits per heavy atom. The number of thiazole rings is 1. The monoisotopic (exact) mass is 450 g/mol. The average Bonchev–Trinajstić information content (AvgIpc) is 3.08. The molecule has 0 saturated heterocycles. The van der Waals surface area contributed by atoms with Gasteiger partial charge in [-0.2, -0.15) is 14.6 Å². The van der Waals surface area contributed by atoms with E-state index < -0.39 is 5.56 Å². The van der Waals surface area contributed by atoms with Crippen LogP contribution < -0.4 is 30.0 Å². The van der Waals surface area contributed by atoms with Gasteiger partial charge in [-0.15, -0.1) is 0 Å². The van der Waals surface area contributed by atoms with Crippen LogP contribution in [0.1, 0.15) is 16.8 Å². The van der Waals surface area contributed by atoms with Crippen LogP contribution in [-0.4, -0.2) is 42.9 Å². The average molecular weight is 451 g/mol. The molecule has 0 bridgehead atoms. The van der Waals surface area contributed by atoms with E-state index in [9.17, 15) is 9.59 Å². The van der Waals surface area contributed by atoms with Crippen LogP contribution in [0.2, 0.25) is 0 Å². The lowest BCUT2D eigenvalue weighted by Crippen LogP contribution is -2.28. The highest BCUT2D eigenvalue weighted by Crippen LogP contribution is 2.24. The van der Waals surface area contributed by atoms with Crippen molar-refractivity contribution in [2.75, 3.05) is 33.2 Å². The van der Waals surface area contributed by atoms with E-state index >= 15 is 0 Å². The van der Waals surface area contributed by atoms with E-state index in [1.54, 1.807) is 38.5 Å². The smallest absolute Gasteiger partial charge is 0.296 e. The molecule has 0 unspecified atom stereocenters. The van der Waals surface area contributed by atoms with Crippen molar-refractivity contribution in [3.8, 4) is 11.5 Å². The lowest BCUT2D eigenvalue weighted by Gasteiger charge is -2.12. The molecule has 4 rings (SSSR count). The Bertz CT molecular complexity index is 1440. The number of anilines is 1. The largest absolute Gasteiger partial charge is 0.497 e. The summed E-state index contributed by atoms with van der Waals surface area (Å²) in [4.78, 5) is 31.9. The lowest BCUT2D eigenvalue weighted by atomic mass is 10.1. The normalized spacial score (nSPS) is 11.7. The van der Waals surface area contributed by atoms with Crippen molar-refractivity contribution in [3.05, 3.63) is 84.5 Å². The number of nitrogens with zero attached hydrogens (tertiary/aromatic N) is 4. The maximum absolute atomic E-state index is 13.0. The molecule has 0 spiro atoms. The van der Waals surface area contributed by atoms with Gasteiger partial charge in [-0.25, -0.2) is 0 Å². The fraction of sp³-hybridized carbons (Fsp3) is 0.217. The Labute approximate surface area is 188 Å². The van der Waals surface area contributed by atoms with Gasteiger partial charge in [-0.1, -0.05) is 23.5 Å². The number of hydrogen-bond acceptors (Lipinski definition) is 8. The number of benzene rings is 2. The number of aromatic nitrogens is 3. The predicted molar refractivity (Wildman–Crippen MR) is 125 cm³/mol. The number of fused-ring (bicyclic) bond motifs is 1. The standard InChI is InChI=1S/C23H22N4O4S/c1-26(2)16-7-5-14(6-8-16)11-18-21(28)24-23-27(25-18)22(29)20(32-23)13-15-12-17(30-3)9-10-19(15)31-4/h5-10,12-13H,11H2,1-4H3. The van der Waals surface area contributed by atoms with Crippen molar-refractivity contribution in [3.63, 3.8) is 0 Å². The van der Waals surface area contributed by atoms with E-state index in [0.717, 1.165) is 22.6 Å². The minimum Gasteiger partial charge on any atom is -0.497 e. The molecule has 4 aromatic rings. The summed E-state index contributed by atoms with van der Waals surface area (Å²) in [5, 5.41) is 4.32. The Morgan fingerprint density at radius 1 is 1.06 bits per heavy atom. The molecule has 0 fully saturated rings. The summed E-state index contributed by atoms with van der Waals surface area (Å²) < 4.78 is 12.2. The molecule has 0 radical (unpaired) electrons. The fourth-order valence-corrected chi connectivity index (χ4v) is 4.15. The first-order chi connectivity index (χ1) is 15.4. The van der Waals surface area contributed by atoms with E-state index in [1.807, 2.05) is 43.3 Å².